The maximum atomic E-state index is 8.74. The molecular formula is C11H15BrN6O. The van der Waals surface area contributed by atoms with Gasteiger partial charge < -0.3 is 15.5 Å². The molecule has 2 rings (SSSR count). The van der Waals surface area contributed by atoms with Gasteiger partial charge in [-0.2, -0.15) is 5.10 Å². The van der Waals surface area contributed by atoms with Crippen molar-refractivity contribution < 1.29 is 5.21 Å². The van der Waals surface area contributed by atoms with E-state index in [1.165, 1.54) is 0 Å². The monoisotopic (exact) mass is 326 g/mol. The quantitative estimate of drug-likeness (QED) is 0.383. The van der Waals surface area contributed by atoms with E-state index >= 15 is 0 Å². The second-order valence-corrected chi connectivity index (χ2v) is 4.82. The standard InChI is InChI=1S/C11H15BrN6O/c1-3-18-8(9(12)7(2)15-18)6-17-5-4-14-11(17)10(13)16-19/h4-5,19H,3,6H2,1-2H3,(H2,13,16). The Hall–Kier alpha value is -1.83. The van der Waals surface area contributed by atoms with Crippen molar-refractivity contribution in [1.82, 2.24) is 19.3 Å². The van der Waals surface area contributed by atoms with Crippen LogP contribution in [0.3, 0.4) is 0 Å². The minimum absolute atomic E-state index is 0.0135. The number of aryl methyl sites for hydroxylation is 2. The predicted molar refractivity (Wildman–Crippen MR) is 74.2 cm³/mol. The van der Waals surface area contributed by atoms with Gasteiger partial charge in [0.2, 0.25) is 5.84 Å². The van der Waals surface area contributed by atoms with Crippen molar-refractivity contribution >= 4 is 21.8 Å². The Morgan fingerprint density at radius 2 is 2.32 bits per heavy atom. The molecule has 2 heterocycles. The fraction of sp³-hybridized carbons (Fsp3) is 0.364. The van der Waals surface area contributed by atoms with Crippen LogP contribution in [-0.2, 0) is 13.1 Å². The molecule has 0 bridgehead atoms. The molecule has 0 aliphatic carbocycles. The largest absolute Gasteiger partial charge is 0.409 e. The topological polar surface area (TPSA) is 94.2 Å². The van der Waals surface area contributed by atoms with E-state index in [9.17, 15) is 0 Å². The molecule has 0 spiro atoms. The molecule has 8 heteroatoms. The van der Waals surface area contributed by atoms with Gasteiger partial charge in [0, 0.05) is 18.9 Å². The molecule has 0 aromatic carbocycles. The van der Waals surface area contributed by atoms with Gasteiger partial charge in [-0.3, -0.25) is 4.68 Å². The van der Waals surface area contributed by atoms with E-state index in [1.807, 2.05) is 23.1 Å². The zero-order valence-corrected chi connectivity index (χ0v) is 12.3. The van der Waals surface area contributed by atoms with Gasteiger partial charge in [0.05, 0.1) is 22.4 Å². The summed E-state index contributed by atoms with van der Waals surface area (Å²) in [5.74, 6) is 0.413. The van der Waals surface area contributed by atoms with E-state index in [-0.39, 0.29) is 5.84 Å². The number of hydrogen-bond donors (Lipinski definition) is 2. The lowest BCUT2D eigenvalue weighted by Crippen LogP contribution is -2.20. The number of oxime groups is 1. The summed E-state index contributed by atoms with van der Waals surface area (Å²) >= 11 is 3.54. The Bertz CT molecular complexity index is 615. The van der Waals surface area contributed by atoms with Crippen molar-refractivity contribution in [2.45, 2.75) is 26.9 Å². The normalized spacial score (nSPS) is 12.1. The third-order valence-corrected chi connectivity index (χ3v) is 3.86. The van der Waals surface area contributed by atoms with Gasteiger partial charge in [-0.1, -0.05) is 5.16 Å². The van der Waals surface area contributed by atoms with Crippen LogP contribution >= 0.6 is 15.9 Å². The second-order valence-electron chi connectivity index (χ2n) is 4.03. The molecule has 0 amide bonds. The van der Waals surface area contributed by atoms with Crippen LogP contribution in [0, 0.1) is 6.92 Å². The second kappa shape index (κ2) is 5.43. The molecule has 0 radical (unpaired) electrons. The third kappa shape index (κ3) is 2.48. The lowest BCUT2D eigenvalue weighted by atomic mass is 10.3. The van der Waals surface area contributed by atoms with Gasteiger partial charge in [0.25, 0.3) is 0 Å². The molecule has 0 unspecified atom stereocenters. The van der Waals surface area contributed by atoms with E-state index < -0.39 is 0 Å². The number of rotatable bonds is 4. The Labute approximate surface area is 118 Å². The van der Waals surface area contributed by atoms with Crippen LogP contribution in [0.15, 0.2) is 22.0 Å². The van der Waals surface area contributed by atoms with Gasteiger partial charge in [0.1, 0.15) is 0 Å². The van der Waals surface area contributed by atoms with Crippen molar-refractivity contribution in [1.29, 1.82) is 0 Å². The summed E-state index contributed by atoms with van der Waals surface area (Å²) < 4.78 is 4.69. The van der Waals surface area contributed by atoms with E-state index in [0.717, 1.165) is 22.4 Å². The summed E-state index contributed by atoms with van der Waals surface area (Å²) in [6, 6.07) is 0. The number of hydrogen-bond acceptors (Lipinski definition) is 4. The highest BCUT2D eigenvalue weighted by Gasteiger charge is 2.15. The molecule has 19 heavy (non-hydrogen) atoms. The molecule has 0 fully saturated rings. The van der Waals surface area contributed by atoms with Gasteiger partial charge in [-0.25, -0.2) is 4.98 Å². The van der Waals surface area contributed by atoms with E-state index in [0.29, 0.717) is 12.4 Å². The Balaban J connectivity index is 2.40. The van der Waals surface area contributed by atoms with Crippen LogP contribution in [0.4, 0.5) is 0 Å². The first-order valence-electron chi connectivity index (χ1n) is 5.79. The maximum absolute atomic E-state index is 8.74. The van der Waals surface area contributed by atoms with Gasteiger partial charge in [0.15, 0.2) is 5.82 Å². The number of nitrogens with two attached hydrogens (primary N) is 1. The first kappa shape index (κ1) is 13.6. The number of imidazole rings is 1. The fourth-order valence-corrected chi connectivity index (χ4v) is 2.31. The van der Waals surface area contributed by atoms with Crippen molar-refractivity contribution in [2.75, 3.05) is 0 Å². The van der Waals surface area contributed by atoms with Crippen LogP contribution in [0.5, 0.6) is 0 Å². The average molecular weight is 327 g/mol. The number of nitrogens with zero attached hydrogens (tertiary/aromatic N) is 5. The van der Waals surface area contributed by atoms with Crippen molar-refractivity contribution in [2.24, 2.45) is 10.9 Å². The van der Waals surface area contributed by atoms with E-state index in [2.05, 4.69) is 31.2 Å². The number of halogens is 1. The van der Waals surface area contributed by atoms with E-state index in [4.69, 9.17) is 10.9 Å². The zero-order valence-electron chi connectivity index (χ0n) is 10.7. The summed E-state index contributed by atoms with van der Waals surface area (Å²) in [6.07, 6.45) is 3.39. The molecular weight excluding hydrogens is 312 g/mol. The SMILES string of the molecule is CCn1nc(C)c(Br)c1Cn1ccnc1C(N)=NO. The van der Waals surface area contributed by atoms with E-state index in [1.54, 1.807) is 12.4 Å². The summed E-state index contributed by atoms with van der Waals surface area (Å²) in [5, 5.41) is 16.1. The summed E-state index contributed by atoms with van der Waals surface area (Å²) in [5.41, 5.74) is 7.54. The number of aromatic nitrogens is 4. The van der Waals surface area contributed by atoms with Gasteiger partial charge in [-0.15, -0.1) is 0 Å². The molecule has 0 atom stereocenters. The summed E-state index contributed by atoms with van der Waals surface area (Å²) in [7, 11) is 0. The highest BCUT2D eigenvalue weighted by atomic mass is 79.9. The summed E-state index contributed by atoms with van der Waals surface area (Å²) in [6.45, 7) is 5.29. The molecule has 0 aliphatic rings. The van der Waals surface area contributed by atoms with Crippen LogP contribution < -0.4 is 5.73 Å². The van der Waals surface area contributed by atoms with Crippen molar-refractivity contribution in [3.63, 3.8) is 0 Å². The highest BCUT2D eigenvalue weighted by molar-refractivity contribution is 9.10. The van der Waals surface area contributed by atoms with Crippen LogP contribution in [0.1, 0.15) is 24.1 Å². The lowest BCUT2D eigenvalue weighted by molar-refractivity contribution is 0.318. The van der Waals surface area contributed by atoms with Crippen LogP contribution in [0.25, 0.3) is 0 Å². The van der Waals surface area contributed by atoms with Crippen molar-refractivity contribution in [3.05, 3.63) is 34.1 Å². The van der Waals surface area contributed by atoms with Crippen LogP contribution in [0.2, 0.25) is 0 Å². The molecule has 0 saturated carbocycles. The smallest absolute Gasteiger partial charge is 0.206 e. The highest BCUT2D eigenvalue weighted by Crippen LogP contribution is 2.22. The zero-order chi connectivity index (χ0) is 14.0. The summed E-state index contributed by atoms with van der Waals surface area (Å²) in [4.78, 5) is 4.08. The predicted octanol–water partition coefficient (Wildman–Crippen LogP) is 1.31. The minimum atomic E-state index is -0.0135. The van der Waals surface area contributed by atoms with Crippen LogP contribution in [-0.4, -0.2) is 30.4 Å². The minimum Gasteiger partial charge on any atom is -0.409 e. The van der Waals surface area contributed by atoms with Crippen molar-refractivity contribution in [3.8, 4) is 0 Å². The third-order valence-electron chi connectivity index (χ3n) is 2.83. The molecule has 102 valence electrons. The molecule has 7 nitrogen and oxygen atoms in total. The Morgan fingerprint density at radius 3 is 2.95 bits per heavy atom. The molecule has 3 N–H and O–H groups in total. The first-order chi connectivity index (χ1) is 9.08. The van der Waals surface area contributed by atoms with Gasteiger partial charge >= 0.3 is 0 Å². The average Bonchev–Trinajstić information content (AvgIpc) is 2.98. The molecule has 2 aromatic heterocycles. The molecule has 0 aliphatic heterocycles. The van der Waals surface area contributed by atoms with Gasteiger partial charge in [-0.05, 0) is 29.8 Å². The number of amidine groups is 1. The maximum Gasteiger partial charge on any atom is 0.206 e. The molecule has 0 saturated heterocycles. The Kier molecular flexibility index (Phi) is 3.89. The molecule has 2 aromatic rings. The fourth-order valence-electron chi connectivity index (χ4n) is 1.90. The first-order valence-corrected chi connectivity index (χ1v) is 6.58. The lowest BCUT2D eigenvalue weighted by Gasteiger charge is -2.09. The Morgan fingerprint density at radius 1 is 1.58 bits per heavy atom.